The van der Waals surface area contributed by atoms with E-state index in [1.807, 2.05) is 0 Å². The molecular formula is C2H2O6Se. The number of carbonyl (C=O) groups is 2. The standard InChI is InChI=1S/C2H2O6Se/c3-1(4)7-9-8-2(5)6/h(H,3,4)(H,5,6). The van der Waals surface area contributed by atoms with Gasteiger partial charge in [0.05, 0.1) is 0 Å². The van der Waals surface area contributed by atoms with Crippen LogP contribution in [0.15, 0.2) is 0 Å². The zero-order chi connectivity index (χ0) is 7.28. The van der Waals surface area contributed by atoms with Gasteiger partial charge >= 0.3 is 55.4 Å². The van der Waals surface area contributed by atoms with Gasteiger partial charge in [0, 0.05) is 0 Å². The molecule has 0 aliphatic carbocycles. The quantitative estimate of drug-likeness (QED) is 0.606. The van der Waals surface area contributed by atoms with Crippen LogP contribution in [0.4, 0.5) is 9.59 Å². The topological polar surface area (TPSA) is 93.1 Å². The van der Waals surface area contributed by atoms with Crippen LogP contribution in [-0.4, -0.2) is 38.1 Å². The maximum atomic E-state index is 9.50. The minimum atomic E-state index is -1.55. The van der Waals surface area contributed by atoms with Crippen LogP contribution in [0.1, 0.15) is 0 Å². The Kier molecular flexibility index (Phi) is 3.57. The SMILES string of the molecule is O=C(O)O[Se]OC(=O)O. The summed E-state index contributed by atoms with van der Waals surface area (Å²) in [7, 11) is 0. The molecule has 0 unspecified atom stereocenters. The average Bonchev–Trinajstić information content (AvgIpc) is 1.63. The predicted molar refractivity (Wildman–Crippen MR) is 24.0 cm³/mol. The monoisotopic (exact) mass is 202 g/mol. The Balaban J connectivity index is 3.10. The van der Waals surface area contributed by atoms with Crippen molar-refractivity contribution >= 4 is 27.9 Å². The molecule has 0 spiro atoms. The first-order valence-corrected chi connectivity index (χ1v) is 3.00. The molecule has 7 heteroatoms. The van der Waals surface area contributed by atoms with E-state index in [1.54, 1.807) is 0 Å². The van der Waals surface area contributed by atoms with E-state index in [1.165, 1.54) is 0 Å². The first kappa shape index (κ1) is 8.06. The second kappa shape index (κ2) is 3.99. The first-order valence-electron chi connectivity index (χ1n) is 1.60. The third-order valence-electron chi connectivity index (χ3n) is 0.211. The van der Waals surface area contributed by atoms with Crippen molar-refractivity contribution in [2.75, 3.05) is 0 Å². The second-order valence-electron chi connectivity index (χ2n) is 0.767. The van der Waals surface area contributed by atoms with Crippen LogP contribution in [0.5, 0.6) is 0 Å². The third-order valence-corrected chi connectivity index (χ3v) is 1.09. The van der Waals surface area contributed by atoms with Gasteiger partial charge < -0.3 is 0 Å². The third kappa shape index (κ3) is 7.06. The Morgan fingerprint density at radius 3 is 1.67 bits per heavy atom. The first-order chi connectivity index (χ1) is 4.13. The molecule has 0 aromatic heterocycles. The van der Waals surface area contributed by atoms with Gasteiger partial charge in [-0.05, 0) is 0 Å². The molecule has 0 aliphatic heterocycles. The van der Waals surface area contributed by atoms with Crippen molar-refractivity contribution in [3.8, 4) is 0 Å². The van der Waals surface area contributed by atoms with Gasteiger partial charge in [0.2, 0.25) is 0 Å². The van der Waals surface area contributed by atoms with Crippen LogP contribution < -0.4 is 0 Å². The summed E-state index contributed by atoms with van der Waals surface area (Å²) in [6.07, 6.45) is -3.09. The van der Waals surface area contributed by atoms with Crippen molar-refractivity contribution in [2.24, 2.45) is 0 Å². The van der Waals surface area contributed by atoms with E-state index in [2.05, 4.69) is 7.64 Å². The summed E-state index contributed by atoms with van der Waals surface area (Å²) in [5.74, 6) is 0. The van der Waals surface area contributed by atoms with Gasteiger partial charge in [-0.1, -0.05) is 0 Å². The average molecular weight is 201 g/mol. The molecule has 0 heterocycles. The molecule has 0 aromatic carbocycles. The van der Waals surface area contributed by atoms with E-state index in [0.717, 1.165) is 0 Å². The Bertz CT molecular complexity index is 106. The molecular weight excluding hydrogens is 199 g/mol. The zero-order valence-corrected chi connectivity index (χ0v) is 5.65. The summed E-state index contributed by atoms with van der Waals surface area (Å²) in [6.45, 7) is 0. The Hall–Kier alpha value is -0.941. The molecule has 0 bridgehead atoms. The molecule has 0 radical (unpaired) electrons. The number of hydrogen-bond acceptors (Lipinski definition) is 4. The van der Waals surface area contributed by atoms with Gasteiger partial charge in [-0.15, -0.1) is 0 Å². The molecule has 0 fully saturated rings. The molecule has 9 heavy (non-hydrogen) atoms. The van der Waals surface area contributed by atoms with Crippen molar-refractivity contribution in [3.05, 3.63) is 0 Å². The van der Waals surface area contributed by atoms with Crippen LogP contribution in [0, 0.1) is 0 Å². The summed E-state index contributed by atoms with van der Waals surface area (Å²) < 4.78 is 7.46. The van der Waals surface area contributed by atoms with Crippen molar-refractivity contribution in [1.29, 1.82) is 0 Å². The van der Waals surface area contributed by atoms with Gasteiger partial charge in [0.15, 0.2) is 0 Å². The van der Waals surface area contributed by atoms with Crippen LogP contribution in [0.2, 0.25) is 0 Å². The van der Waals surface area contributed by atoms with Crippen LogP contribution in [0.3, 0.4) is 0 Å². The van der Waals surface area contributed by atoms with E-state index in [4.69, 9.17) is 10.2 Å². The maximum absolute atomic E-state index is 9.50. The Labute approximate surface area is 56.2 Å². The molecule has 2 N–H and O–H groups in total. The van der Waals surface area contributed by atoms with Gasteiger partial charge in [0.1, 0.15) is 0 Å². The van der Waals surface area contributed by atoms with E-state index in [9.17, 15) is 9.59 Å². The normalized spacial score (nSPS) is 8.00. The molecule has 0 rings (SSSR count). The molecule has 0 aliphatic rings. The van der Waals surface area contributed by atoms with E-state index in [-0.39, 0.29) is 0 Å². The molecule has 0 saturated heterocycles. The van der Waals surface area contributed by atoms with Crippen LogP contribution in [0.25, 0.3) is 0 Å². The van der Waals surface area contributed by atoms with Crippen LogP contribution >= 0.6 is 0 Å². The van der Waals surface area contributed by atoms with Gasteiger partial charge in [-0.3, -0.25) is 0 Å². The Morgan fingerprint density at radius 2 is 1.44 bits per heavy atom. The molecule has 52 valence electrons. The molecule has 0 atom stereocenters. The van der Waals surface area contributed by atoms with Crippen molar-refractivity contribution in [3.63, 3.8) is 0 Å². The minimum absolute atomic E-state index is 1.28. The number of hydrogen-bond donors (Lipinski definition) is 2. The zero-order valence-electron chi connectivity index (χ0n) is 3.94. The summed E-state index contributed by atoms with van der Waals surface area (Å²) in [5.41, 5.74) is 0. The fourth-order valence-corrected chi connectivity index (χ4v) is 0.391. The Morgan fingerprint density at radius 1 is 1.11 bits per heavy atom. The van der Waals surface area contributed by atoms with Crippen LogP contribution in [-0.2, 0) is 7.64 Å². The van der Waals surface area contributed by atoms with Crippen molar-refractivity contribution < 1.29 is 27.4 Å². The molecule has 6 nitrogen and oxygen atoms in total. The van der Waals surface area contributed by atoms with Crippen molar-refractivity contribution in [2.45, 2.75) is 0 Å². The molecule has 0 aromatic rings. The molecule has 0 amide bonds. The summed E-state index contributed by atoms with van der Waals surface area (Å²) in [6, 6.07) is 0. The fraction of sp³-hybridized carbons (Fsp3) is 0. The van der Waals surface area contributed by atoms with E-state index >= 15 is 0 Å². The van der Waals surface area contributed by atoms with Gasteiger partial charge in [-0.2, -0.15) is 0 Å². The van der Waals surface area contributed by atoms with E-state index in [0.29, 0.717) is 0 Å². The fourth-order valence-electron chi connectivity index (χ4n) is 0.0752. The second-order valence-corrected chi connectivity index (χ2v) is 1.75. The summed E-state index contributed by atoms with van der Waals surface area (Å²) in [5, 5.41) is 15.5. The van der Waals surface area contributed by atoms with Gasteiger partial charge in [-0.25, -0.2) is 0 Å². The van der Waals surface area contributed by atoms with E-state index < -0.39 is 27.9 Å². The van der Waals surface area contributed by atoms with Crippen molar-refractivity contribution in [1.82, 2.24) is 0 Å². The predicted octanol–water partition coefficient (Wildman–Crippen LogP) is -0.0902. The summed E-state index contributed by atoms with van der Waals surface area (Å²) in [4.78, 5) is 19.0. The van der Waals surface area contributed by atoms with Gasteiger partial charge in [0.25, 0.3) is 0 Å². The number of rotatable bonds is 2. The summed E-state index contributed by atoms with van der Waals surface area (Å²) >= 11 is -1.28. The molecule has 0 saturated carbocycles. The number of carboxylic acid groups (broad SMARTS) is 2.